The monoisotopic (exact) mass is 343 g/mol. The van der Waals surface area contributed by atoms with Crippen LogP contribution in [-0.4, -0.2) is 36.9 Å². The van der Waals surface area contributed by atoms with Crippen LogP contribution in [0.4, 0.5) is 0 Å². The van der Waals surface area contributed by atoms with Crippen molar-refractivity contribution < 1.29 is 14.6 Å². The first-order valence-corrected chi connectivity index (χ1v) is 7.24. The quantitative estimate of drug-likeness (QED) is 0.832. The van der Waals surface area contributed by atoms with Crippen LogP contribution in [0.5, 0.6) is 0 Å². The van der Waals surface area contributed by atoms with Gasteiger partial charge in [-0.05, 0) is 24.6 Å². The first-order valence-electron chi connectivity index (χ1n) is 6.45. The molecular formula is C15H22BrNO3. The van der Waals surface area contributed by atoms with Crippen LogP contribution >= 0.6 is 15.9 Å². The lowest BCUT2D eigenvalue weighted by Crippen LogP contribution is -2.50. The van der Waals surface area contributed by atoms with Gasteiger partial charge in [0.05, 0.1) is 6.61 Å². The van der Waals surface area contributed by atoms with Crippen LogP contribution in [0.15, 0.2) is 28.7 Å². The molecule has 1 atom stereocenters. The van der Waals surface area contributed by atoms with Gasteiger partial charge in [-0.3, -0.25) is 4.79 Å². The highest BCUT2D eigenvalue weighted by atomic mass is 79.9. The van der Waals surface area contributed by atoms with Gasteiger partial charge in [-0.25, -0.2) is 0 Å². The lowest BCUT2D eigenvalue weighted by atomic mass is 9.84. The summed E-state index contributed by atoms with van der Waals surface area (Å²) in [4.78, 5) is 11.9. The molecule has 4 nitrogen and oxygen atoms in total. The zero-order valence-electron chi connectivity index (χ0n) is 12.4. The molecule has 0 bridgehead atoms. The number of hydrogen-bond acceptors (Lipinski definition) is 3. The Morgan fingerprint density at radius 3 is 2.60 bits per heavy atom. The predicted molar refractivity (Wildman–Crippen MR) is 82.7 cm³/mol. The van der Waals surface area contributed by atoms with Crippen molar-refractivity contribution >= 4 is 21.8 Å². The van der Waals surface area contributed by atoms with Crippen molar-refractivity contribution in [2.45, 2.75) is 31.8 Å². The summed E-state index contributed by atoms with van der Waals surface area (Å²) in [6.07, 6.45) is 0. The standard InChI is InChI=1S/C15H22BrNO3/c1-14(2,11-6-5-7-12(16)8-11)9-17-13(18)15(3,19)10-20-4/h5-8,19H,9-10H2,1-4H3,(H,17,18). The first kappa shape index (κ1) is 17.1. The van der Waals surface area contributed by atoms with Crippen LogP contribution in [0.25, 0.3) is 0 Å². The molecule has 0 spiro atoms. The molecule has 0 aliphatic carbocycles. The average molecular weight is 344 g/mol. The minimum absolute atomic E-state index is 0.0316. The number of benzene rings is 1. The van der Waals surface area contributed by atoms with Crippen molar-refractivity contribution in [1.29, 1.82) is 0 Å². The minimum atomic E-state index is -1.51. The second-order valence-corrected chi connectivity index (χ2v) is 6.70. The van der Waals surface area contributed by atoms with Crippen molar-refractivity contribution in [1.82, 2.24) is 5.32 Å². The molecule has 0 aromatic heterocycles. The summed E-state index contributed by atoms with van der Waals surface area (Å²) in [5.74, 6) is -0.428. The van der Waals surface area contributed by atoms with Gasteiger partial charge in [0.15, 0.2) is 5.60 Å². The lowest BCUT2D eigenvalue weighted by Gasteiger charge is -2.28. The number of carbonyl (C=O) groups is 1. The van der Waals surface area contributed by atoms with E-state index in [0.717, 1.165) is 10.0 Å². The van der Waals surface area contributed by atoms with E-state index in [1.165, 1.54) is 14.0 Å². The molecule has 0 heterocycles. The highest BCUT2D eigenvalue weighted by molar-refractivity contribution is 9.10. The van der Waals surface area contributed by atoms with Crippen molar-refractivity contribution in [3.8, 4) is 0 Å². The van der Waals surface area contributed by atoms with E-state index in [4.69, 9.17) is 4.74 Å². The zero-order valence-corrected chi connectivity index (χ0v) is 14.0. The van der Waals surface area contributed by atoms with Crippen molar-refractivity contribution in [2.75, 3.05) is 20.3 Å². The molecule has 0 radical (unpaired) electrons. The average Bonchev–Trinajstić information content (AvgIpc) is 2.36. The van der Waals surface area contributed by atoms with E-state index in [1.54, 1.807) is 0 Å². The molecule has 0 saturated heterocycles. The third kappa shape index (κ3) is 4.58. The van der Waals surface area contributed by atoms with Gasteiger partial charge in [0.1, 0.15) is 0 Å². The van der Waals surface area contributed by atoms with Gasteiger partial charge in [-0.1, -0.05) is 41.9 Å². The smallest absolute Gasteiger partial charge is 0.254 e. The van der Waals surface area contributed by atoms with Gasteiger partial charge in [-0.2, -0.15) is 0 Å². The molecule has 112 valence electrons. The first-order chi connectivity index (χ1) is 9.19. The number of hydrogen-bond donors (Lipinski definition) is 2. The summed E-state index contributed by atoms with van der Waals surface area (Å²) >= 11 is 3.44. The van der Waals surface area contributed by atoms with Crippen LogP contribution in [-0.2, 0) is 14.9 Å². The Bertz CT molecular complexity index is 472. The third-order valence-corrected chi connectivity index (χ3v) is 3.70. The van der Waals surface area contributed by atoms with E-state index in [0.29, 0.717) is 6.54 Å². The largest absolute Gasteiger partial charge is 0.381 e. The van der Waals surface area contributed by atoms with E-state index >= 15 is 0 Å². The highest BCUT2D eigenvalue weighted by Gasteiger charge is 2.31. The SMILES string of the molecule is COCC(C)(O)C(=O)NCC(C)(C)c1cccc(Br)c1. The summed E-state index contributed by atoms with van der Waals surface area (Å²) in [5.41, 5.74) is -0.636. The molecule has 1 rings (SSSR count). The Morgan fingerprint density at radius 2 is 2.05 bits per heavy atom. The van der Waals surface area contributed by atoms with Crippen LogP contribution in [0.2, 0.25) is 0 Å². The number of nitrogens with one attached hydrogen (secondary N) is 1. The van der Waals surface area contributed by atoms with Gasteiger partial charge in [0.2, 0.25) is 0 Å². The van der Waals surface area contributed by atoms with Crippen LogP contribution < -0.4 is 5.32 Å². The van der Waals surface area contributed by atoms with Gasteiger partial charge in [0, 0.05) is 23.5 Å². The maximum Gasteiger partial charge on any atom is 0.254 e. The fourth-order valence-corrected chi connectivity index (χ4v) is 2.25. The fraction of sp³-hybridized carbons (Fsp3) is 0.533. The van der Waals surface area contributed by atoms with E-state index in [1.807, 2.05) is 38.1 Å². The molecule has 1 aromatic carbocycles. The number of aliphatic hydroxyl groups is 1. The van der Waals surface area contributed by atoms with Crippen LogP contribution in [0, 0.1) is 0 Å². The molecule has 2 N–H and O–H groups in total. The maximum absolute atomic E-state index is 11.9. The topological polar surface area (TPSA) is 58.6 Å². The number of carbonyl (C=O) groups excluding carboxylic acids is 1. The van der Waals surface area contributed by atoms with Gasteiger partial charge in [0.25, 0.3) is 5.91 Å². The molecule has 20 heavy (non-hydrogen) atoms. The number of methoxy groups -OCH3 is 1. The Balaban J connectivity index is 2.71. The molecule has 5 heteroatoms. The Morgan fingerprint density at radius 1 is 1.40 bits per heavy atom. The van der Waals surface area contributed by atoms with E-state index in [9.17, 15) is 9.90 Å². The second-order valence-electron chi connectivity index (χ2n) is 5.78. The number of rotatable bonds is 6. The van der Waals surface area contributed by atoms with E-state index in [-0.39, 0.29) is 12.0 Å². The van der Waals surface area contributed by atoms with E-state index < -0.39 is 11.5 Å². The normalized spacial score (nSPS) is 14.7. The van der Waals surface area contributed by atoms with Gasteiger partial charge in [-0.15, -0.1) is 0 Å². The van der Waals surface area contributed by atoms with E-state index in [2.05, 4.69) is 21.2 Å². The molecule has 1 unspecified atom stereocenters. The Hall–Kier alpha value is -0.910. The van der Waals surface area contributed by atoms with Gasteiger partial charge >= 0.3 is 0 Å². The molecule has 0 fully saturated rings. The lowest BCUT2D eigenvalue weighted by molar-refractivity contribution is -0.143. The number of halogens is 1. The summed E-state index contributed by atoms with van der Waals surface area (Å²) < 4.78 is 5.84. The Kier molecular flexibility index (Phi) is 5.74. The molecule has 0 saturated carbocycles. The maximum atomic E-state index is 11.9. The number of ether oxygens (including phenoxy) is 1. The highest BCUT2D eigenvalue weighted by Crippen LogP contribution is 2.25. The van der Waals surface area contributed by atoms with Crippen molar-refractivity contribution in [3.63, 3.8) is 0 Å². The second kappa shape index (κ2) is 6.70. The van der Waals surface area contributed by atoms with Crippen molar-refractivity contribution in [2.24, 2.45) is 0 Å². The molecule has 0 aliphatic heterocycles. The molecule has 1 amide bonds. The molecule has 0 aliphatic rings. The summed E-state index contributed by atoms with van der Waals surface area (Å²) in [6, 6.07) is 7.97. The fourth-order valence-electron chi connectivity index (χ4n) is 1.85. The zero-order chi connectivity index (χ0) is 15.4. The summed E-state index contributed by atoms with van der Waals surface area (Å²) in [6.45, 7) is 5.93. The molecule has 1 aromatic rings. The summed E-state index contributed by atoms with van der Waals surface area (Å²) in [5, 5.41) is 12.7. The van der Waals surface area contributed by atoms with Crippen LogP contribution in [0.1, 0.15) is 26.3 Å². The third-order valence-electron chi connectivity index (χ3n) is 3.21. The predicted octanol–water partition coefficient (Wildman–Crippen LogP) is 2.24. The minimum Gasteiger partial charge on any atom is -0.381 e. The Labute approximate surface area is 128 Å². The van der Waals surface area contributed by atoms with Crippen LogP contribution in [0.3, 0.4) is 0 Å². The number of amides is 1. The van der Waals surface area contributed by atoms with Gasteiger partial charge < -0.3 is 15.2 Å². The molecular weight excluding hydrogens is 322 g/mol. The van der Waals surface area contributed by atoms with Crippen molar-refractivity contribution in [3.05, 3.63) is 34.3 Å². The summed E-state index contributed by atoms with van der Waals surface area (Å²) in [7, 11) is 1.45.